The summed E-state index contributed by atoms with van der Waals surface area (Å²) in [5.74, 6) is -1.74. The monoisotopic (exact) mass is 468 g/mol. The normalized spacial score (nSPS) is 23.6. The Labute approximate surface area is 199 Å². The van der Waals surface area contributed by atoms with Crippen molar-refractivity contribution in [3.63, 3.8) is 0 Å². The summed E-state index contributed by atoms with van der Waals surface area (Å²) in [6, 6.07) is 19.9. The molecule has 2 aromatic rings. The van der Waals surface area contributed by atoms with E-state index < -0.39 is 24.1 Å². The number of nitrogens with zero attached hydrogens (tertiary/aromatic N) is 2. The molecule has 8 nitrogen and oxygen atoms in total. The molecular formula is C26H32N2O6. The minimum absolute atomic E-state index is 0.200. The highest BCUT2D eigenvalue weighted by Crippen LogP contribution is 2.28. The van der Waals surface area contributed by atoms with E-state index in [-0.39, 0.29) is 11.8 Å². The van der Waals surface area contributed by atoms with Crippen LogP contribution in [0.3, 0.4) is 0 Å². The highest BCUT2D eigenvalue weighted by atomic mass is 16.7. The molecule has 2 aromatic carbocycles. The molecule has 2 N–H and O–H groups in total. The summed E-state index contributed by atoms with van der Waals surface area (Å²) in [6.07, 6.45) is -0.473. The van der Waals surface area contributed by atoms with Crippen LogP contribution >= 0.6 is 0 Å². The van der Waals surface area contributed by atoms with E-state index in [0.717, 1.165) is 36.8 Å². The zero-order valence-electron chi connectivity index (χ0n) is 19.2. The first-order valence-corrected chi connectivity index (χ1v) is 11.9. The van der Waals surface area contributed by atoms with E-state index in [1.807, 2.05) is 60.7 Å². The molecule has 4 rings (SSSR count). The molecule has 0 spiro atoms. The Kier molecular flexibility index (Phi) is 8.29. The number of hydrogen-bond acceptors (Lipinski definition) is 8. The molecule has 2 aliphatic heterocycles. The number of hydroxylamine groups is 4. The van der Waals surface area contributed by atoms with Crippen LogP contribution in [0, 0.1) is 0 Å². The van der Waals surface area contributed by atoms with Gasteiger partial charge in [-0.3, -0.25) is 0 Å². The number of carbonyl (C=O) groups is 2. The smallest absolute Gasteiger partial charge is 0.357 e. The van der Waals surface area contributed by atoms with E-state index >= 15 is 0 Å². The second kappa shape index (κ2) is 11.6. The van der Waals surface area contributed by atoms with Gasteiger partial charge in [0.2, 0.25) is 0 Å². The number of aliphatic hydroxyl groups is 2. The van der Waals surface area contributed by atoms with Crippen LogP contribution in [-0.4, -0.2) is 70.7 Å². The molecule has 2 aliphatic rings. The van der Waals surface area contributed by atoms with Gasteiger partial charge in [-0.15, -0.1) is 10.1 Å². The third kappa shape index (κ3) is 6.21. The van der Waals surface area contributed by atoms with Crippen molar-refractivity contribution in [2.75, 3.05) is 26.2 Å². The van der Waals surface area contributed by atoms with E-state index in [4.69, 9.17) is 9.68 Å². The molecule has 182 valence electrons. The van der Waals surface area contributed by atoms with Gasteiger partial charge in [-0.1, -0.05) is 60.7 Å². The maximum atomic E-state index is 12.4. The van der Waals surface area contributed by atoms with Crippen LogP contribution in [0.2, 0.25) is 0 Å². The molecule has 0 saturated carbocycles. The Morgan fingerprint density at radius 2 is 1.09 bits per heavy atom. The second-order valence-electron chi connectivity index (χ2n) is 8.99. The summed E-state index contributed by atoms with van der Waals surface area (Å²) < 4.78 is 0. The van der Waals surface area contributed by atoms with Crippen molar-refractivity contribution < 1.29 is 29.5 Å². The van der Waals surface area contributed by atoms with Gasteiger partial charge in [0.05, 0.1) is 0 Å². The van der Waals surface area contributed by atoms with Crippen molar-refractivity contribution >= 4 is 11.9 Å². The van der Waals surface area contributed by atoms with E-state index in [1.165, 1.54) is 10.1 Å². The number of aliphatic hydroxyl groups excluding tert-OH is 2. The molecule has 2 heterocycles. The number of hydrogen-bond donors (Lipinski definition) is 2. The topological polar surface area (TPSA) is 99.5 Å². The zero-order valence-corrected chi connectivity index (χ0v) is 19.2. The fourth-order valence-corrected chi connectivity index (χ4v) is 4.67. The number of rotatable bonds is 7. The van der Waals surface area contributed by atoms with Crippen molar-refractivity contribution in [2.24, 2.45) is 0 Å². The first-order valence-electron chi connectivity index (χ1n) is 11.9. The third-order valence-electron chi connectivity index (χ3n) is 6.53. The summed E-state index contributed by atoms with van der Waals surface area (Å²) in [6.45, 7) is 2.02. The lowest BCUT2D eigenvalue weighted by atomic mass is 9.91. The first-order chi connectivity index (χ1) is 16.5. The molecule has 2 fully saturated rings. The van der Waals surface area contributed by atoms with Gasteiger partial charge in [0.1, 0.15) is 0 Å². The molecule has 2 saturated heterocycles. The lowest BCUT2D eigenvalue weighted by molar-refractivity contribution is -0.223. The van der Waals surface area contributed by atoms with Gasteiger partial charge >= 0.3 is 11.9 Å². The van der Waals surface area contributed by atoms with Gasteiger partial charge in [0, 0.05) is 26.2 Å². The van der Waals surface area contributed by atoms with Gasteiger partial charge < -0.3 is 19.9 Å². The quantitative estimate of drug-likeness (QED) is 0.639. The van der Waals surface area contributed by atoms with Crippen molar-refractivity contribution in [3.05, 3.63) is 71.8 Å². The van der Waals surface area contributed by atoms with Gasteiger partial charge in [-0.2, -0.15) is 0 Å². The molecule has 8 heteroatoms. The van der Waals surface area contributed by atoms with Crippen LogP contribution in [0.5, 0.6) is 0 Å². The van der Waals surface area contributed by atoms with Crippen LogP contribution < -0.4 is 0 Å². The molecule has 0 bridgehead atoms. The van der Waals surface area contributed by atoms with Gasteiger partial charge in [0.15, 0.2) is 12.2 Å². The van der Waals surface area contributed by atoms with Crippen LogP contribution in [0.1, 0.15) is 48.6 Å². The van der Waals surface area contributed by atoms with E-state index in [2.05, 4.69) is 0 Å². The predicted molar refractivity (Wildman–Crippen MR) is 124 cm³/mol. The maximum absolute atomic E-state index is 12.4. The Hall–Kier alpha value is -2.78. The van der Waals surface area contributed by atoms with Gasteiger partial charge in [-0.25, -0.2) is 9.59 Å². The zero-order chi connectivity index (χ0) is 23.9. The summed E-state index contributed by atoms with van der Waals surface area (Å²) >= 11 is 0. The minimum Gasteiger partial charge on any atom is -0.379 e. The lowest BCUT2D eigenvalue weighted by Gasteiger charge is -2.33. The molecule has 0 amide bonds. The molecule has 4 atom stereocenters. The van der Waals surface area contributed by atoms with Crippen molar-refractivity contribution in [1.82, 2.24) is 10.1 Å². The lowest BCUT2D eigenvalue weighted by Crippen LogP contribution is -2.47. The standard InChI is InChI=1S/C26H32N2O6/c29-23(25(31)33-27-15-7-13-21(17-27)19-9-3-1-4-10-19)24(30)26(32)34-28-16-8-14-22(18-28)20-11-5-2-6-12-20/h1-6,9-12,21-24,29-30H,7-8,13-18H2/t21-,22-,23?,24?/m0/s1. The number of piperidine rings is 2. The van der Waals surface area contributed by atoms with Crippen LogP contribution in [0.25, 0.3) is 0 Å². The van der Waals surface area contributed by atoms with Crippen molar-refractivity contribution in [2.45, 2.75) is 49.7 Å². The molecular weight excluding hydrogens is 436 g/mol. The van der Waals surface area contributed by atoms with Crippen LogP contribution in [0.15, 0.2) is 60.7 Å². The largest absolute Gasteiger partial charge is 0.379 e. The number of benzene rings is 2. The first kappa shape index (κ1) is 24.3. The average Bonchev–Trinajstić information content (AvgIpc) is 2.89. The summed E-state index contributed by atoms with van der Waals surface area (Å²) in [4.78, 5) is 35.5. The highest BCUT2D eigenvalue weighted by Gasteiger charge is 2.37. The average molecular weight is 469 g/mol. The summed E-state index contributed by atoms with van der Waals surface area (Å²) in [5.41, 5.74) is 2.31. The SMILES string of the molecule is O=C(ON1CCC[C@H](c2ccccc2)C1)C(O)C(O)C(=O)ON1CCC[C@H](c2ccccc2)C1. The highest BCUT2D eigenvalue weighted by molar-refractivity contribution is 5.85. The second-order valence-corrected chi connectivity index (χ2v) is 8.99. The predicted octanol–water partition coefficient (Wildman–Crippen LogP) is 2.38. The fraction of sp³-hybridized carbons (Fsp3) is 0.462. The van der Waals surface area contributed by atoms with Gasteiger partial charge in [-0.05, 0) is 48.6 Å². The molecule has 0 aromatic heterocycles. The van der Waals surface area contributed by atoms with E-state index in [0.29, 0.717) is 26.2 Å². The Balaban J connectivity index is 1.27. The van der Waals surface area contributed by atoms with Crippen LogP contribution in [0.4, 0.5) is 0 Å². The third-order valence-corrected chi connectivity index (χ3v) is 6.53. The van der Waals surface area contributed by atoms with E-state index in [1.54, 1.807) is 0 Å². The Morgan fingerprint density at radius 3 is 1.47 bits per heavy atom. The summed E-state index contributed by atoms with van der Waals surface area (Å²) in [5, 5.41) is 23.5. The van der Waals surface area contributed by atoms with Crippen molar-refractivity contribution in [1.29, 1.82) is 0 Å². The Morgan fingerprint density at radius 1 is 0.706 bits per heavy atom. The van der Waals surface area contributed by atoms with Gasteiger partial charge in [0.25, 0.3) is 0 Å². The number of carbonyl (C=O) groups excluding carboxylic acids is 2. The Bertz CT molecular complexity index is 863. The fourth-order valence-electron chi connectivity index (χ4n) is 4.67. The molecule has 0 radical (unpaired) electrons. The minimum atomic E-state index is -2.03. The molecule has 2 unspecified atom stereocenters. The van der Waals surface area contributed by atoms with Crippen LogP contribution in [-0.2, 0) is 19.3 Å². The molecule has 34 heavy (non-hydrogen) atoms. The molecule has 0 aliphatic carbocycles. The van der Waals surface area contributed by atoms with Crippen molar-refractivity contribution in [3.8, 4) is 0 Å². The summed E-state index contributed by atoms with van der Waals surface area (Å²) in [7, 11) is 0. The van der Waals surface area contributed by atoms with E-state index in [9.17, 15) is 19.8 Å². The maximum Gasteiger partial charge on any atom is 0.357 e.